The standard InChI is InChI=1S/C9H15BO2/c1-3-4-7-5-9(10)12-8(7)6-11-2/h1,7-9H,4-6,10H2,2H3/t7?,8-,9-/m1/s1. The minimum absolute atomic E-state index is 0.209. The highest BCUT2D eigenvalue weighted by Crippen LogP contribution is 2.27. The predicted molar refractivity (Wildman–Crippen MR) is 50.6 cm³/mol. The van der Waals surface area contributed by atoms with Crippen LogP contribution in [-0.2, 0) is 9.47 Å². The fourth-order valence-corrected chi connectivity index (χ4v) is 1.75. The molecule has 12 heavy (non-hydrogen) atoms. The molecule has 0 amide bonds. The second-order valence-electron chi connectivity index (χ2n) is 3.34. The molecule has 66 valence electrons. The van der Waals surface area contributed by atoms with Gasteiger partial charge in [0.15, 0.2) is 0 Å². The lowest BCUT2D eigenvalue weighted by Gasteiger charge is -2.14. The van der Waals surface area contributed by atoms with Crippen LogP contribution in [0.3, 0.4) is 0 Å². The highest BCUT2D eigenvalue weighted by molar-refractivity contribution is 6.11. The van der Waals surface area contributed by atoms with E-state index in [4.69, 9.17) is 15.9 Å². The van der Waals surface area contributed by atoms with Crippen molar-refractivity contribution >= 4 is 7.85 Å². The molecule has 0 bridgehead atoms. The summed E-state index contributed by atoms with van der Waals surface area (Å²) in [4.78, 5) is 0. The smallest absolute Gasteiger partial charge is 0.139 e. The summed E-state index contributed by atoms with van der Waals surface area (Å²) in [5.74, 6) is 3.17. The van der Waals surface area contributed by atoms with Gasteiger partial charge in [0, 0.05) is 19.5 Å². The van der Waals surface area contributed by atoms with Crippen molar-refractivity contribution in [2.45, 2.75) is 24.9 Å². The van der Waals surface area contributed by atoms with Crippen LogP contribution in [0, 0.1) is 18.3 Å². The molecule has 1 saturated heterocycles. The van der Waals surface area contributed by atoms with E-state index in [0.29, 0.717) is 18.5 Å². The summed E-state index contributed by atoms with van der Waals surface area (Å²) in [5.41, 5.74) is 0. The highest BCUT2D eigenvalue weighted by Gasteiger charge is 2.31. The molecule has 1 fully saturated rings. The molecule has 0 saturated carbocycles. The maximum atomic E-state index is 5.65. The zero-order chi connectivity index (χ0) is 8.97. The monoisotopic (exact) mass is 166 g/mol. The first-order chi connectivity index (χ1) is 5.77. The molecule has 3 heteroatoms. The van der Waals surface area contributed by atoms with Crippen molar-refractivity contribution in [3.05, 3.63) is 0 Å². The van der Waals surface area contributed by atoms with Crippen molar-refractivity contribution in [2.75, 3.05) is 13.7 Å². The van der Waals surface area contributed by atoms with E-state index < -0.39 is 0 Å². The first-order valence-corrected chi connectivity index (χ1v) is 4.35. The van der Waals surface area contributed by atoms with E-state index in [-0.39, 0.29) is 6.10 Å². The molecule has 0 spiro atoms. The molecule has 1 rings (SSSR count). The molecule has 0 aromatic heterocycles. The lowest BCUT2D eigenvalue weighted by atomic mass is 9.89. The zero-order valence-corrected chi connectivity index (χ0v) is 7.75. The van der Waals surface area contributed by atoms with Crippen molar-refractivity contribution in [3.8, 4) is 12.3 Å². The summed E-state index contributed by atoms with van der Waals surface area (Å²) in [5, 5.41) is 0. The van der Waals surface area contributed by atoms with Crippen LogP contribution in [0.15, 0.2) is 0 Å². The topological polar surface area (TPSA) is 18.5 Å². The van der Waals surface area contributed by atoms with Gasteiger partial charge >= 0.3 is 0 Å². The van der Waals surface area contributed by atoms with Crippen LogP contribution in [0.25, 0.3) is 0 Å². The van der Waals surface area contributed by atoms with Crippen LogP contribution in [0.5, 0.6) is 0 Å². The quantitative estimate of drug-likeness (QED) is 0.434. The van der Waals surface area contributed by atoms with Crippen molar-refractivity contribution in [1.82, 2.24) is 0 Å². The van der Waals surface area contributed by atoms with Crippen molar-refractivity contribution in [2.24, 2.45) is 5.92 Å². The largest absolute Gasteiger partial charge is 0.382 e. The van der Waals surface area contributed by atoms with Crippen LogP contribution in [0.4, 0.5) is 0 Å². The molecule has 2 nitrogen and oxygen atoms in total. The zero-order valence-electron chi connectivity index (χ0n) is 7.75. The number of hydrogen-bond donors (Lipinski definition) is 0. The number of hydrogen-bond acceptors (Lipinski definition) is 2. The lowest BCUT2D eigenvalue weighted by Crippen LogP contribution is -2.21. The second kappa shape index (κ2) is 4.54. The molecule has 1 aliphatic rings. The average Bonchev–Trinajstić information content (AvgIpc) is 2.33. The summed E-state index contributed by atoms with van der Waals surface area (Å²) >= 11 is 0. The van der Waals surface area contributed by atoms with Crippen molar-refractivity contribution in [3.63, 3.8) is 0 Å². The van der Waals surface area contributed by atoms with Crippen LogP contribution in [0.1, 0.15) is 12.8 Å². The minimum atomic E-state index is 0.209. The molecule has 1 aliphatic heterocycles. The third-order valence-corrected chi connectivity index (χ3v) is 2.28. The Bertz CT molecular complexity index is 176. The predicted octanol–water partition coefficient (Wildman–Crippen LogP) is 0.0204. The Morgan fingerprint density at radius 1 is 1.75 bits per heavy atom. The van der Waals surface area contributed by atoms with Crippen LogP contribution in [0.2, 0.25) is 0 Å². The van der Waals surface area contributed by atoms with E-state index >= 15 is 0 Å². The fraction of sp³-hybridized carbons (Fsp3) is 0.778. The van der Waals surface area contributed by atoms with Gasteiger partial charge in [0.1, 0.15) is 7.85 Å². The molecule has 3 atom stereocenters. The first-order valence-electron chi connectivity index (χ1n) is 4.35. The van der Waals surface area contributed by atoms with E-state index in [1.165, 1.54) is 0 Å². The van der Waals surface area contributed by atoms with Gasteiger partial charge in [-0.3, -0.25) is 0 Å². The first kappa shape index (κ1) is 9.63. The maximum absolute atomic E-state index is 5.65. The van der Waals surface area contributed by atoms with Gasteiger partial charge in [-0.2, -0.15) is 0 Å². The second-order valence-corrected chi connectivity index (χ2v) is 3.34. The molecule has 0 aliphatic carbocycles. The van der Waals surface area contributed by atoms with Gasteiger partial charge in [0.05, 0.1) is 12.7 Å². The van der Waals surface area contributed by atoms with E-state index in [1.807, 2.05) is 0 Å². The third-order valence-electron chi connectivity index (χ3n) is 2.28. The van der Waals surface area contributed by atoms with Crippen molar-refractivity contribution < 1.29 is 9.47 Å². The van der Waals surface area contributed by atoms with Gasteiger partial charge < -0.3 is 9.47 Å². The molecular weight excluding hydrogens is 151 g/mol. The normalized spacial score (nSPS) is 34.8. The van der Waals surface area contributed by atoms with Gasteiger partial charge in [-0.05, 0) is 12.3 Å². The molecule has 0 N–H and O–H groups in total. The van der Waals surface area contributed by atoms with Gasteiger partial charge in [-0.1, -0.05) is 0 Å². The SMILES string of the molecule is B[C@H]1CC(CC#C)[C@@H](COC)O1. The number of ether oxygens (including phenoxy) is 2. The third kappa shape index (κ3) is 2.26. The van der Waals surface area contributed by atoms with Crippen molar-refractivity contribution in [1.29, 1.82) is 0 Å². The number of rotatable bonds is 3. The molecule has 1 heterocycles. The molecule has 0 aromatic carbocycles. The number of methoxy groups -OCH3 is 1. The van der Waals surface area contributed by atoms with Gasteiger partial charge in [-0.25, -0.2) is 0 Å². The Labute approximate surface area is 75.0 Å². The van der Waals surface area contributed by atoms with Gasteiger partial charge in [-0.15, -0.1) is 12.3 Å². The Balaban J connectivity index is 2.42. The highest BCUT2D eigenvalue weighted by atomic mass is 16.5. The molecule has 0 aromatic rings. The Hall–Kier alpha value is -0.455. The molecule has 0 radical (unpaired) electrons. The van der Waals surface area contributed by atoms with Crippen LogP contribution < -0.4 is 0 Å². The van der Waals surface area contributed by atoms with E-state index in [0.717, 1.165) is 12.8 Å². The average molecular weight is 166 g/mol. The van der Waals surface area contributed by atoms with E-state index in [2.05, 4.69) is 13.8 Å². The maximum Gasteiger partial charge on any atom is 0.139 e. The fourth-order valence-electron chi connectivity index (χ4n) is 1.75. The summed E-state index contributed by atoms with van der Waals surface area (Å²) in [7, 11) is 3.78. The van der Waals surface area contributed by atoms with Crippen LogP contribution >= 0.6 is 0 Å². The van der Waals surface area contributed by atoms with E-state index in [1.54, 1.807) is 7.11 Å². The summed E-state index contributed by atoms with van der Waals surface area (Å²) in [6.45, 7) is 0.663. The molecular formula is C9H15BO2. The van der Waals surface area contributed by atoms with Gasteiger partial charge in [0.25, 0.3) is 0 Å². The summed E-state index contributed by atoms with van der Waals surface area (Å²) in [6.07, 6.45) is 7.35. The molecule has 1 unspecified atom stereocenters. The minimum Gasteiger partial charge on any atom is -0.382 e. The Morgan fingerprint density at radius 3 is 3.08 bits per heavy atom. The van der Waals surface area contributed by atoms with E-state index in [9.17, 15) is 0 Å². The lowest BCUT2D eigenvalue weighted by molar-refractivity contribution is 0.0102. The Kier molecular flexibility index (Phi) is 3.64. The van der Waals surface area contributed by atoms with Crippen LogP contribution in [-0.4, -0.2) is 33.7 Å². The van der Waals surface area contributed by atoms with Gasteiger partial charge in [0.2, 0.25) is 0 Å². The Morgan fingerprint density at radius 2 is 2.50 bits per heavy atom. The summed E-state index contributed by atoms with van der Waals surface area (Å²) in [6, 6.07) is 0.337. The number of terminal acetylenes is 1. The summed E-state index contributed by atoms with van der Waals surface area (Å²) < 4.78 is 10.7.